The molecule has 0 fully saturated rings. The number of thiophene rings is 1. The third kappa shape index (κ3) is 1.68. The molecular weight excluding hydrogens is 216 g/mol. The molecule has 3 heteroatoms. The van der Waals surface area contributed by atoms with Crippen LogP contribution in [-0.4, -0.2) is 0 Å². The summed E-state index contributed by atoms with van der Waals surface area (Å²) in [6, 6.07) is 10.2. The van der Waals surface area contributed by atoms with Crippen LogP contribution in [0, 0.1) is 25.2 Å². The van der Waals surface area contributed by atoms with Crippen LogP contribution in [0.4, 0.5) is 5.69 Å². The second-order valence-corrected chi connectivity index (χ2v) is 4.81. The van der Waals surface area contributed by atoms with Crippen LogP contribution < -0.4 is 5.73 Å². The molecule has 0 aliphatic rings. The Balaban J connectivity index is 2.60. The molecule has 0 bridgehead atoms. The van der Waals surface area contributed by atoms with Gasteiger partial charge in [0, 0.05) is 4.88 Å². The summed E-state index contributed by atoms with van der Waals surface area (Å²) in [6.07, 6.45) is 0. The highest BCUT2D eigenvalue weighted by Crippen LogP contribution is 2.35. The molecular formula is C13H12N2S. The average molecular weight is 228 g/mol. The Morgan fingerprint density at radius 2 is 2.06 bits per heavy atom. The van der Waals surface area contributed by atoms with Crippen molar-refractivity contribution in [2.75, 3.05) is 5.73 Å². The highest BCUT2D eigenvalue weighted by Gasteiger charge is 2.10. The molecule has 2 nitrogen and oxygen atoms in total. The second-order valence-electron chi connectivity index (χ2n) is 3.75. The monoisotopic (exact) mass is 228 g/mol. The van der Waals surface area contributed by atoms with Crippen molar-refractivity contribution < 1.29 is 0 Å². The van der Waals surface area contributed by atoms with Gasteiger partial charge in [-0.3, -0.25) is 0 Å². The fourth-order valence-electron chi connectivity index (χ4n) is 1.64. The standard InChI is InChI=1S/C13H12N2S/c1-8-4-3-5-10(9(8)2)12-6-11(15)13(7-14)16-12/h3-6H,15H2,1-2H3. The molecule has 0 unspecified atom stereocenters. The Morgan fingerprint density at radius 3 is 2.69 bits per heavy atom. The first kappa shape index (κ1) is 10.7. The highest BCUT2D eigenvalue weighted by molar-refractivity contribution is 7.16. The Labute approximate surface area is 99.0 Å². The van der Waals surface area contributed by atoms with Gasteiger partial charge in [-0.25, -0.2) is 0 Å². The average Bonchev–Trinajstić information content (AvgIpc) is 2.63. The molecule has 1 aromatic heterocycles. The van der Waals surface area contributed by atoms with Gasteiger partial charge in [0.15, 0.2) is 0 Å². The van der Waals surface area contributed by atoms with Gasteiger partial charge >= 0.3 is 0 Å². The fourth-order valence-corrected chi connectivity index (χ4v) is 2.60. The van der Waals surface area contributed by atoms with Crippen LogP contribution in [0.15, 0.2) is 24.3 Å². The van der Waals surface area contributed by atoms with Gasteiger partial charge in [0.1, 0.15) is 10.9 Å². The number of hydrogen-bond donors (Lipinski definition) is 1. The number of nitrogen functional groups attached to an aromatic ring is 1. The molecule has 80 valence electrons. The predicted molar refractivity (Wildman–Crippen MR) is 68.4 cm³/mol. The summed E-state index contributed by atoms with van der Waals surface area (Å²) in [5.41, 5.74) is 10.00. The molecule has 0 saturated heterocycles. The van der Waals surface area contributed by atoms with Gasteiger partial charge < -0.3 is 5.73 Å². The zero-order valence-electron chi connectivity index (χ0n) is 9.24. The van der Waals surface area contributed by atoms with E-state index in [1.165, 1.54) is 28.0 Å². The predicted octanol–water partition coefficient (Wildman–Crippen LogP) is 3.49. The number of hydrogen-bond acceptors (Lipinski definition) is 3. The molecule has 2 rings (SSSR count). The molecule has 1 aromatic carbocycles. The van der Waals surface area contributed by atoms with E-state index in [-0.39, 0.29) is 0 Å². The fraction of sp³-hybridized carbons (Fsp3) is 0.154. The number of anilines is 1. The minimum absolute atomic E-state index is 0.573. The van der Waals surface area contributed by atoms with Crippen molar-refractivity contribution in [1.29, 1.82) is 5.26 Å². The van der Waals surface area contributed by atoms with E-state index in [1.807, 2.05) is 12.1 Å². The third-order valence-corrected chi connectivity index (χ3v) is 3.82. The number of nitriles is 1. The van der Waals surface area contributed by atoms with E-state index in [0.717, 1.165) is 4.88 Å². The lowest BCUT2D eigenvalue weighted by atomic mass is 10.0. The van der Waals surface area contributed by atoms with Crippen molar-refractivity contribution in [2.45, 2.75) is 13.8 Å². The van der Waals surface area contributed by atoms with E-state index < -0.39 is 0 Å². The third-order valence-electron chi connectivity index (χ3n) is 2.73. The number of nitrogens with zero attached hydrogens (tertiary/aromatic N) is 1. The van der Waals surface area contributed by atoms with Crippen molar-refractivity contribution in [3.05, 3.63) is 40.3 Å². The topological polar surface area (TPSA) is 49.8 Å². The van der Waals surface area contributed by atoms with Gasteiger partial charge in [-0.1, -0.05) is 18.2 Å². The molecule has 0 radical (unpaired) electrons. The maximum atomic E-state index is 8.88. The molecule has 0 saturated carbocycles. The van der Waals surface area contributed by atoms with Gasteiger partial charge in [-0.15, -0.1) is 11.3 Å². The van der Waals surface area contributed by atoms with Gasteiger partial charge in [0.05, 0.1) is 5.69 Å². The lowest BCUT2D eigenvalue weighted by Gasteiger charge is -2.05. The first-order chi connectivity index (χ1) is 7.63. The Hall–Kier alpha value is -1.79. The first-order valence-corrected chi connectivity index (χ1v) is 5.81. The maximum absolute atomic E-state index is 8.88. The molecule has 16 heavy (non-hydrogen) atoms. The SMILES string of the molecule is Cc1cccc(-c2cc(N)c(C#N)s2)c1C. The summed E-state index contributed by atoms with van der Waals surface area (Å²) >= 11 is 1.45. The van der Waals surface area contributed by atoms with Crippen LogP contribution in [0.2, 0.25) is 0 Å². The molecule has 0 atom stereocenters. The molecule has 0 aliphatic carbocycles. The summed E-state index contributed by atoms with van der Waals surface area (Å²) in [4.78, 5) is 1.66. The quantitative estimate of drug-likeness (QED) is 0.812. The van der Waals surface area contributed by atoms with Gasteiger partial charge in [0.2, 0.25) is 0 Å². The lowest BCUT2D eigenvalue weighted by Crippen LogP contribution is -1.84. The largest absolute Gasteiger partial charge is 0.397 e. The van der Waals surface area contributed by atoms with Gasteiger partial charge in [-0.05, 0) is 36.6 Å². The van der Waals surface area contributed by atoms with Crippen molar-refractivity contribution in [1.82, 2.24) is 0 Å². The maximum Gasteiger partial charge on any atom is 0.128 e. The van der Waals surface area contributed by atoms with E-state index in [2.05, 4.69) is 32.0 Å². The number of nitrogens with two attached hydrogens (primary N) is 1. The zero-order chi connectivity index (χ0) is 11.7. The van der Waals surface area contributed by atoms with Crippen LogP contribution in [0.3, 0.4) is 0 Å². The number of rotatable bonds is 1. The minimum atomic E-state index is 0.573. The number of aryl methyl sites for hydroxylation is 1. The van der Waals surface area contributed by atoms with Crippen LogP contribution in [0.5, 0.6) is 0 Å². The molecule has 0 spiro atoms. The van der Waals surface area contributed by atoms with Crippen molar-refractivity contribution in [2.24, 2.45) is 0 Å². The van der Waals surface area contributed by atoms with E-state index in [9.17, 15) is 0 Å². The minimum Gasteiger partial charge on any atom is -0.397 e. The van der Waals surface area contributed by atoms with Crippen molar-refractivity contribution in [3.63, 3.8) is 0 Å². The molecule has 1 heterocycles. The van der Waals surface area contributed by atoms with Crippen molar-refractivity contribution in [3.8, 4) is 16.5 Å². The summed E-state index contributed by atoms with van der Waals surface area (Å²) in [7, 11) is 0. The molecule has 2 N–H and O–H groups in total. The highest BCUT2D eigenvalue weighted by atomic mass is 32.1. The van der Waals surface area contributed by atoms with Crippen LogP contribution in [0.25, 0.3) is 10.4 Å². The van der Waals surface area contributed by atoms with Crippen LogP contribution >= 0.6 is 11.3 Å². The molecule has 0 amide bonds. The summed E-state index contributed by atoms with van der Waals surface area (Å²) < 4.78 is 0. The molecule has 2 aromatic rings. The zero-order valence-corrected chi connectivity index (χ0v) is 10.1. The van der Waals surface area contributed by atoms with E-state index in [0.29, 0.717) is 10.6 Å². The Kier molecular flexibility index (Phi) is 2.67. The van der Waals surface area contributed by atoms with Gasteiger partial charge in [0.25, 0.3) is 0 Å². The number of benzene rings is 1. The van der Waals surface area contributed by atoms with Gasteiger partial charge in [-0.2, -0.15) is 5.26 Å². The Morgan fingerprint density at radius 1 is 1.31 bits per heavy atom. The van der Waals surface area contributed by atoms with Crippen molar-refractivity contribution >= 4 is 17.0 Å². The molecule has 0 aliphatic heterocycles. The van der Waals surface area contributed by atoms with Crippen LogP contribution in [0.1, 0.15) is 16.0 Å². The lowest BCUT2D eigenvalue weighted by molar-refractivity contribution is 1.35. The van der Waals surface area contributed by atoms with E-state index in [1.54, 1.807) is 0 Å². The second kappa shape index (κ2) is 3.99. The first-order valence-electron chi connectivity index (χ1n) is 4.99. The van der Waals surface area contributed by atoms with E-state index >= 15 is 0 Å². The normalized spacial score (nSPS) is 10.1. The smallest absolute Gasteiger partial charge is 0.128 e. The summed E-state index contributed by atoms with van der Waals surface area (Å²) in [6.45, 7) is 4.17. The van der Waals surface area contributed by atoms with E-state index in [4.69, 9.17) is 11.0 Å². The summed E-state index contributed by atoms with van der Waals surface area (Å²) in [5, 5.41) is 8.88. The Bertz CT molecular complexity index is 576. The van der Waals surface area contributed by atoms with Crippen LogP contribution in [-0.2, 0) is 0 Å². The summed E-state index contributed by atoms with van der Waals surface area (Å²) in [5.74, 6) is 0.